The molecule has 0 atom stereocenters. The molecule has 0 unspecified atom stereocenters. The van der Waals surface area contributed by atoms with E-state index < -0.39 is 0 Å². The maximum atomic E-state index is 4.74. The molecule has 1 aliphatic heterocycles. The topological polar surface area (TPSA) is 15.6 Å². The summed E-state index contributed by atoms with van der Waals surface area (Å²) in [6.07, 6.45) is 4.38. The smallest absolute Gasteiger partial charge is 0.0630 e. The first-order valence-electron chi connectivity index (χ1n) is 10.3. The van der Waals surface area contributed by atoms with Crippen molar-refractivity contribution >= 4 is 23.2 Å². The summed E-state index contributed by atoms with van der Waals surface area (Å²) in [6.45, 7) is 18.9. The third-order valence-corrected chi connectivity index (χ3v) is 5.77. The first-order valence-corrected chi connectivity index (χ1v) is 10.3. The summed E-state index contributed by atoms with van der Waals surface area (Å²) in [5.41, 5.74) is 8.97. The van der Waals surface area contributed by atoms with Gasteiger partial charge in [0.1, 0.15) is 0 Å². The van der Waals surface area contributed by atoms with Gasteiger partial charge in [-0.15, -0.1) is 0 Å². The predicted octanol–water partition coefficient (Wildman–Crippen LogP) is 7.06. The number of anilines is 1. The average Bonchev–Trinajstić information content (AvgIpc) is 2.59. The van der Waals surface area contributed by atoms with Crippen molar-refractivity contribution in [2.75, 3.05) is 11.4 Å². The first kappa shape index (κ1) is 20.4. The Kier molecular flexibility index (Phi) is 5.27. The summed E-state index contributed by atoms with van der Waals surface area (Å²) in [5, 5.41) is 0. The number of nitrogens with zero attached hydrogens (tertiary/aromatic N) is 2. The van der Waals surface area contributed by atoms with E-state index in [9.17, 15) is 0 Å². The molecule has 2 aromatic carbocycles. The van der Waals surface area contributed by atoms with Crippen LogP contribution in [-0.2, 0) is 5.41 Å². The van der Waals surface area contributed by atoms with Crippen LogP contribution in [0.4, 0.5) is 11.4 Å². The van der Waals surface area contributed by atoms with Gasteiger partial charge in [0.15, 0.2) is 0 Å². The molecule has 0 radical (unpaired) electrons. The number of fused-ring (bicyclic) bond motifs is 1. The summed E-state index contributed by atoms with van der Waals surface area (Å²) >= 11 is 0. The lowest BCUT2D eigenvalue weighted by Crippen LogP contribution is -2.45. The first-order chi connectivity index (χ1) is 13.0. The maximum Gasteiger partial charge on any atom is 0.0630 e. The fourth-order valence-corrected chi connectivity index (χ4v) is 4.15. The highest BCUT2D eigenvalue weighted by atomic mass is 15.2. The highest BCUT2D eigenvalue weighted by Crippen LogP contribution is 2.40. The Balaban J connectivity index is 1.95. The van der Waals surface area contributed by atoms with Crippen molar-refractivity contribution < 1.29 is 0 Å². The van der Waals surface area contributed by atoms with Crippen LogP contribution >= 0.6 is 0 Å². The summed E-state index contributed by atoms with van der Waals surface area (Å²) in [7, 11) is 0. The quantitative estimate of drug-likeness (QED) is 0.525. The Morgan fingerprint density at radius 3 is 2.25 bits per heavy atom. The molecule has 2 aromatic rings. The van der Waals surface area contributed by atoms with Gasteiger partial charge in [-0.1, -0.05) is 39.0 Å². The van der Waals surface area contributed by atoms with Crippen LogP contribution in [0.1, 0.15) is 70.7 Å². The molecule has 0 saturated heterocycles. The molecule has 0 bridgehead atoms. The van der Waals surface area contributed by atoms with E-state index in [0.29, 0.717) is 0 Å². The number of hydrogen-bond acceptors (Lipinski definition) is 2. The molecule has 1 heterocycles. The second kappa shape index (κ2) is 7.24. The van der Waals surface area contributed by atoms with Crippen LogP contribution in [0.25, 0.3) is 5.57 Å². The van der Waals surface area contributed by atoms with Gasteiger partial charge in [-0.2, -0.15) is 0 Å². The normalized spacial score (nSPS) is 16.3. The van der Waals surface area contributed by atoms with Crippen LogP contribution in [0.3, 0.4) is 0 Å². The molecule has 0 aliphatic carbocycles. The summed E-state index contributed by atoms with van der Waals surface area (Å²) in [4.78, 5) is 7.22. The zero-order valence-corrected chi connectivity index (χ0v) is 18.7. The van der Waals surface area contributed by atoms with Gasteiger partial charge in [0.05, 0.1) is 11.2 Å². The SMILES string of the molecule is CCN1c2cc(C)c(C=Nc3ccc(C(C)(C)C)cc3)cc2C(C)=CC1(C)C. The van der Waals surface area contributed by atoms with Crippen molar-refractivity contribution in [2.45, 2.75) is 66.3 Å². The molecule has 0 aromatic heterocycles. The van der Waals surface area contributed by atoms with Gasteiger partial charge in [-0.3, -0.25) is 4.99 Å². The van der Waals surface area contributed by atoms with Crippen LogP contribution in [0.5, 0.6) is 0 Å². The Hall–Kier alpha value is -2.35. The average molecular weight is 375 g/mol. The highest BCUT2D eigenvalue weighted by molar-refractivity contribution is 5.90. The van der Waals surface area contributed by atoms with Gasteiger partial charge < -0.3 is 4.90 Å². The number of aryl methyl sites for hydroxylation is 1. The van der Waals surface area contributed by atoms with Gasteiger partial charge in [0.25, 0.3) is 0 Å². The van der Waals surface area contributed by atoms with Crippen molar-refractivity contribution in [3.05, 3.63) is 64.7 Å². The van der Waals surface area contributed by atoms with E-state index in [0.717, 1.165) is 12.2 Å². The molecule has 2 nitrogen and oxygen atoms in total. The maximum absolute atomic E-state index is 4.74. The lowest BCUT2D eigenvalue weighted by molar-refractivity contribution is 0.566. The lowest BCUT2D eigenvalue weighted by Gasteiger charge is -2.43. The Bertz CT molecular complexity index is 922. The van der Waals surface area contributed by atoms with E-state index in [1.54, 1.807) is 0 Å². The number of allylic oxidation sites excluding steroid dienone is 1. The fraction of sp³-hybridized carbons (Fsp3) is 0.423. The number of likely N-dealkylation sites (N-methyl/N-ethyl adjacent to an activating group) is 1. The number of hydrogen-bond donors (Lipinski definition) is 0. The molecule has 0 N–H and O–H groups in total. The van der Waals surface area contributed by atoms with Gasteiger partial charge in [-0.05, 0) is 86.6 Å². The van der Waals surface area contributed by atoms with Crippen molar-refractivity contribution in [3.8, 4) is 0 Å². The summed E-state index contributed by atoms with van der Waals surface area (Å²) in [5.74, 6) is 0. The number of rotatable bonds is 3. The van der Waals surface area contributed by atoms with E-state index in [4.69, 9.17) is 4.99 Å². The van der Waals surface area contributed by atoms with E-state index in [2.05, 4.69) is 103 Å². The molecule has 28 heavy (non-hydrogen) atoms. The second-order valence-corrected chi connectivity index (χ2v) is 9.51. The molecule has 148 valence electrons. The molecular formula is C26H34N2. The van der Waals surface area contributed by atoms with E-state index in [1.807, 2.05) is 6.21 Å². The third kappa shape index (κ3) is 3.92. The van der Waals surface area contributed by atoms with Gasteiger partial charge in [0, 0.05) is 24.0 Å². The zero-order valence-electron chi connectivity index (χ0n) is 18.7. The third-order valence-electron chi connectivity index (χ3n) is 5.77. The minimum absolute atomic E-state index is 0.0443. The van der Waals surface area contributed by atoms with Gasteiger partial charge in [0.2, 0.25) is 0 Å². The van der Waals surface area contributed by atoms with E-state index in [1.165, 1.54) is 33.5 Å². The second-order valence-electron chi connectivity index (χ2n) is 9.51. The van der Waals surface area contributed by atoms with Crippen molar-refractivity contribution in [2.24, 2.45) is 4.99 Å². The highest BCUT2D eigenvalue weighted by Gasteiger charge is 2.30. The zero-order chi connectivity index (χ0) is 20.7. The molecule has 0 amide bonds. The summed E-state index contributed by atoms with van der Waals surface area (Å²) in [6, 6.07) is 13.2. The van der Waals surface area contributed by atoms with Crippen LogP contribution in [0.2, 0.25) is 0 Å². The molecule has 0 spiro atoms. The standard InChI is InChI=1S/C26H34N2/c1-9-28-24-14-18(2)20(15-23(24)19(3)16-26(28,7)8)17-27-22-12-10-21(11-13-22)25(4,5)6/h10-17H,9H2,1-8H3. The van der Waals surface area contributed by atoms with Gasteiger partial charge in [-0.25, -0.2) is 0 Å². The van der Waals surface area contributed by atoms with Crippen molar-refractivity contribution in [1.82, 2.24) is 0 Å². The Morgan fingerprint density at radius 1 is 1.04 bits per heavy atom. The monoisotopic (exact) mass is 374 g/mol. The van der Waals surface area contributed by atoms with E-state index in [-0.39, 0.29) is 11.0 Å². The van der Waals surface area contributed by atoms with Crippen LogP contribution in [0, 0.1) is 6.92 Å². The minimum Gasteiger partial charge on any atom is -0.363 e. The molecule has 0 fully saturated rings. The molecular weight excluding hydrogens is 340 g/mol. The van der Waals surface area contributed by atoms with Crippen molar-refractivity contribution in [1.29, 1.82) is 0 Å². The Morgan fingerprint density at radius 2 is 1.68 bits per heavy atom. The molecule has 2 heteroatoms. The predicted molar refractivity (Wildman–Crippen MR) is 124 cm³/mol. The van der Waals surface area contributed by atoms with Crippen LogP contribution < -0.4 is 4.90 Å². The van der Waals surface area contributed by atoms with E-state index >= 15 is 0 Å². The lowest BCUT2D eigenvalue weighted by atomic mass is 9.87. The number of benzene rings is 2. The largest absolute Gasteiger partial charge is 0.363 e. The number of aliphatic imine (C=N–C) groups is 1. The fourth-order valence-electron chi connectivity index (χ4n) is 4.15. The van der Waals surface area contributed by atoms with Crippen LogP contribution in [-0.4, -0.2) is 18.3 Å². The van der Waals surface area contributed by atoms with Crippen LogP contribution in [0.15, 0.2) is 47.5 Å². The van der Waals surface area contributed by atoms with Gasteiger partial charge >= 0.3 is 0 Å². The molecule has 0 saturated carbocycles. The summed E-state index contributed by atoms with van der Waals surface area (Å²) < 4.78 is 0. The van der Waals surface area contributed by atoms with Crippen molar-refractivity contribution in [3.63, 3.8) is 0 Å². The minimum atomic E-state index is 0.0443. The Labute approximate surface area is 171 Å². The molecule has 1 aliphatic rings. The molecule has 3 rings (SSSR count).